The summed E-state index contributed by atoms with van der Waals surface area (Å²) in [5.41, 5.74) is 2.06. The molecule has 8 heteroatoms. The molecule has 0 fully saturated rings. The van der Waals surface area contributed by atoms with Gasteiger partial charge in [-0.1, -0.05) is 62.8 Å². The number of hydrogen-bond acceptors (Lipinski definition) is 8. The first-order chi connectivity index (χ1) is 21.8. The number of carbonyl (C=O) groups is 1. The molecule has 45 heavy (non-hydrogen) atoms. The van der Waals surface area contributed by atoms with Crippen LogP contribution in [0.15, 0.2) is 48.0 Å². The summed E-state index contributed by atoms with van der Waals surface area (Å²) < 4.78 is 21.5. The molecule has 0 bridgehead atoms. The van der Waals surface area contributed by atoms with Crippen molar-refractivity contribution in [3.05, 3.63) is 53.6 Å². The van der Waals surface area contributed by atoms with Crippen LogP contribution in [-0.4, -0.2) is 79.2 Å². The zero-order valence-electron chi connectivity index (χ0n) is 27.5. The van der Waals surface area contributed by atoms with Gasteiger partial charge in [-0.3, -0.25) is 0 Å². The topological polar surface area (TPSA) is 115 Å². The maximum atomic E-state index is 11.6. The summed E-state index contributed by atoms with van der Waals surface area (Å²) in [6.07, 6.45) is 13.1. The van der Waals surface area contributed by atoms with Crippen molar-refractivity contribution < 1.29 is 39.1 Å². The number of unbranched alkanes of at least 4 members (excludes halogenated alkanes) is 5. The third-order valence-corrected chi connectivity index (χ3v) is 8.41. The fraction of sp³-hybridized carbons (Fsp3) is 0.649. The minimum Gasteiger partial charge on any atom is -0.497 e. The molecular weight excluding hydrogens is 572 g/mol. The molecule has 0 aromatic heterocycles. The molecule has 1 heterocycles. The predicted molar refractivity (Wildman–Crippen MR) is 178 cm³/mol. The molecule has 0 amide bonds. The van der Waals surface area contributed by atoms with Crippen LogP contribution in [-0.2, 0) is 25.4 Å². The van der Waals surface area contributed by atoms with Crippen molar-refractivity contribution >= 4 is 16.7 Å². The lowest BCUT2D eigenvalue weighted by molar-refractivity contribution is -0.139. The number of carbonyl (C=O) groups excluding carboxylic acids is 1. The van der Waals surface area contributed by atoms with Crippen LogP contribution in [0, 0.1) is 0 Å². The summed E-state index contributed by atoms with van der Waals surface area (Å²) in [4.78, 5) is 11.6. The van der Waals surface area contributed by atoms with Crippen molar-refractivity contribution in [3.63, 3.8) is 0 Å². The average Bonchev–Trinajstić information content (AvgIpc) is 3.36. The van der Waals surface area contributed by atoms with E-state index in [9.17, 15) is 20.1 Å². The van der Waals surface area contributed by atoms with Gasteiger partial charge in [0.25, 0.3) is 0 Å². The second-order valence-corrected chi connectivity index (χ2v) is 12.4. The Morgan fingerprint density at radius 2 is 1.31 bits per heavy atom. The zero-order chi connectivity index (χ0) is 32.3. The molecular formula is C37H56O8. The fourth-order valence-corrected chi connectivity index (χ4v) is 5.77. The van der Waals surface area contributed by atoms with E-state index in [0.29, 0.717) is 26.1 Å². The molecule has 0 spiro atoms. The van der Waals surface area contributed by atoms with E-state index in [1.807, 2.05) is 25.1 Å². The van der Waals surface area contributed by atoms with Crippen LogP contribution < -0.4 is 4.74 Å². The first-order valence-electron chi connectivity index (χ1n) is 17.0. The second-order valence-electron chi connectivity index (χ2n) is 12.4. The van der Waals surface area contributed by atoms with E-state index < -0.39 is 12.2 Å². The lowest BCUT2D eigenvalue weighted by atomic mass is 10.0. The summed E-state index contributed by atoms with van der Waals surface area (Å²) in [5.74, 6) is 0.688. The molecule has 0 radical (unpaired) electrons. The summed E-state index contributed by atoms with van der Waals surface area (Å²) in [5, 5.41) is 33.0. The van der Waals surface area contributed by atoms with Crippen molar-refractivity contribution in [1.82, 2.24) is 0 Å². The number of benzene rings is 2. The van der Waals surface area contributed by atoms with Gasteiger partial charge < -0.3 is 34.3 Å². The molecule has 3 N–H and O–H groups in total. The molecule has 1 aliphatic heterocycles. The van der Waals surface area contributed by atoms with Crippen molar-refractivity contribution in [3.8, 4) is 5.75 Å². The number of esters is 1. The molecule has 8 nitrogen and oxygen atoms in total. The van der Waals surface area contributed by atoms with Crippen molar-refractivity contribution in [2.75, 3.05) is 33.5 Å². The van der Waals surface area contributed by atoms with Gasteiger partial charge in [-0.2, -0.15) is 0 Å². The van der Waals surface area contributed by atoms with Crippen LogP contribution in [0.1, 0.15) is 96.0 Å². The van der Waals surface area contributed by atoms with Crippen LogP contribution in [0.3, 0.4) is 0 Å². The molecule has 4 atom stereocenters. The van der Waals surface area contributed by atoms with E-state index in [1.54, 1.807) is 7.11 Å². The number of aryl methyl sites for hydroxylation is 1. The Balaban J connectivity index is 1.08. The summed E-state index contributed by atoms with van der Waals surface area (Å²) in [6.45, 7) is 3.19. The van der Waals surface area contributed by atoms with Gasteiger partial charge in [0.1, 0.15) is 11.9 Å². The Morgan fingerprint density at radius 1 is 0.711 bits per heavy atom. The van der Waals surface area contributed by atoms with Gasteiger partial charge in [-0.05, 0) is 92.8 Å². The van der Waals surface area contributed by atoms with Gasteiger partial charge in [0.05, 0.1) is 51.8 Å². The van der Waals surface area contributed by atoms with Crippen molar-refractivity contribution in [1.29, 1.82) is 0 Å². The number of fused-ring (bicyclic) bond motifs is 1. The largest absolute Gasteiger partial charge is 0.497 e. The highest BCUT2D eigenvalue weighted by atomic mass is 16.5. The summed E-state index contributed by atoms with van der Waals surface area (Å²) in [7, 11) is 1.67. The summed E-state index contributed by atoms with van der Waals surface area (Å²) >= 11 is 0. The van der Waals surface area contributed by atoms with Gasteiger partial charge in [0, 0.05) is 5.57 Å². The van der Waals surface area contributed by atoms with Gasteiger partial charge in [-0.25, -0.2) is 4.79 Å². The zero-order valence-corrected chi connectivity index (χ0v) is 27.5. The number of cyclic esters (lactones) is 1. The third-order valence-electron chi connectivity index (χ3n) is 8.41. The molecule has 0 saturated carbocycles. The van der Waals surface area contributed by atoms with E-state index in [2.05, 4.69) is 24.3 Å². The minimum absolute atomic E-state index is 0.0848. The molecule has 252 valence electrons. The number of ether oxygens (including phenoxy) is 4. The van der Waals surface area contributed by atoms with Gasteiger partial charge in [-0.15, -0.1) is 0 Å². The van der Waals surface area contributed by atoms with E-state index in [0.717, 1.165) is 93.8 Å². The third kappa shape index (κ3) is 15.1. The molecule has 0 aliphatic carbocycles. The Kier molecular flexibility index (Phi) is 17.5. The smallest absolute Gasteiger partial charge is 0.334 e. The highest BCUT2D eigenvalue weighted by Gasteiger charge is 2.21. The molecule has 1 unspecified atom stereocenters. The van der Waals surface area contributed by atoms with Gasteiger partial charge in [0.2, 0.25) is 0 Å². The van der Waals surface area contributed by atoms with Crippen LogP contribution in [0.5, 0.6) is 5.75 Å². The number of aliphatic hydroxyl groups excluding tert-OH is 3. The minimum atomic E-state index is -0.519. The van der Waals surface area contributed by atoms with Gasteiger partial charge in [0.15, 0.2) is 0 Å². The van der Waals surface area contributed by atoms with E-state index >= 15 is 0 Å². The number of hydrogen-bond donors (Lipinski definition) is 3. The first-order valence-corrected chi connectivity index (χ1v) is 17.0. The Morgan fingerprint density at radius 3 is 1.98 bits per heavy atom. The van der Waals surface area contributed by atoms with E-state index in [4.69, 9.17) is 18.9 Å². The maximum Gasteiger partial charge on any atom is 0.334 e. The fourth-order valence-electron chi connectivity index (χ4n) is 5.77. The quantitative estimate of drug-likeness (QED) is 0.0849. The number of methoxy groups -OCH3 is 1. The van der Waals surface area contributed by atoms with E-state index in [1.165, 1.54) is 10.9 Å². The molecule has 0 saturated heterocycles. The van der Waals surface area contributed by atoms with Crippen molar-refractivity contribution in [2.24, 2.45) is 0 Å². The van der Waals surface area contributed by atoms with Gasteiger partial charge >= 0.3 is 5.97 Å². The van der Waals surface area contributed by atoms with E-state index in [-0.39, 0.29) is 31.4 Å². The lowest BCUT2D eigenvalue weighted by Crippen LogP contribution is -2.20. The standard InChI is InChI=1S/C37H56O8/c1-28-23-31(37(41)45-28)12-6-4-3-5-7-13-33(38)14-8-9-15-34(39)26-43-21-22-44-27-35(40)16-10-11-29-17-18-30-19-20-36(42-2)25-32(30)24-29/h17-20,23-25,28,33-35,38-40H,3-16,21-22,26-27H2,1-2H3/t28-,33?,34-,35-/m0/s1. The first kappa shape index (κ1) is 37.0. The monoisotopic (exact) mass is 628 g/mol. The Hall–Kier alpha value is -2.49. The molecule has 3 rings (SSSR count). The van der Waals surface area contributed by atoms with Crippen LogP contribution >= 0.6 is 0 Å². The maximum absolute atomic E-state index is 11.6. The number of aliphatic hydroxyl groups is 3. The highest BCUT2D eigenvalue weighted by molar-refractivity contribution is 5.90. The normalized spacial score (nSPS) is 16.9. The molecule has 2 aromatic rings. The Bertz CT molecular complexity index is 1150. The summed E-state index contributed by atoms with van der Waals surface area (Å²) in [6, 6.07) is 12.5. The Labute approximate surface area is 269 Å². The predicted octanol–water partition coefficient (Wildman–Crippen LogP) is 6.45. The highest BCUT2D eigenvalue weighted by Crippen LogP contribution is 2.23. The van der Waals surface area contributed by atoms with Crippen LogP contribution in [0.25, 0.3) is 10.8 Å². The lowest BCUT2D eigenvalue weighted by Gasteiger charge is -2.14. The second kappa shape index (κ2) is 21.3. The molecule has 2 aromatic carbocycles. The van der Waals surface area contributed by atoms with Crippen LogP contribution in [0.4, 0.5) is 0 Å². The molecule has 1 aliphatic rings. The average molecular weight is 629 g/mol. The van der Waals surface area contributed by atoms with Crippen molar-refractivity contribution in [2.45, 2.75) is 121 Å². The van der Waals surface area contributed by atoms with Crippen LogP contribution in [0.2, 0.25) is 0 Å². The SMILES string of the molecule is COc1ccc2ccc(CCC[C@H](O)COCCOC[C@@H](O)CCCCC(O)CCCCCCCC3=C[C@H](C)OC3=O)cc2c1. The number of rotatable bonds is 25.